The molecule has 0 spiro atoms. The van der Waals surface area contributed by atoms with Crippen LogP contribution < -0.4 is 0 Å². The Balaban J connectivity index is 2.08. The molecule has 4 nitrogen and oxygen atoms in total. The van der Waals surface area contributed by atoms with Crippen LogP contribution in [-0.2, 0) is 6.54 Å². The van der Waals surface area contributed by atoms with Gasteiger partial charge in [-0.25, -0.2) is 0 Å². The Labute approximate surface area is 133 Å². The molecule has 0 saturated carbocycles. The van der Waals surface area contributed by atoms with E-state index in [9.17, 15) is 9.90 Å². The summed E-state index contributed by atoms with van der Waals surface area (Å²) in [6, 6.07) is 7.64. The molecule has 1 heterocycles. The minimum Gasteiger partial charge on any atom is -0.388 e. The smallest absolute Gasteiger partial charge is 0.150 e. The molecule has 22 heavy (non-hydrogen) atoms. The molecular weight excluding hydrogens is 276 g/mol. The van der Waals surface area contributed by atoms with Gasteiger partial charge in [0.1, 0.15) is 6.29 Å². The molecule has 1 aromatic rings. The van der Waals surface area contributed by atoms with Gasteiger partial charge in [0.15, 0.2) is 0 Å². The molecular formula is C18H28N2O2. The summed E-state index contributed by atoms with van der Waals surface area (Å²) < 4.78 is 0. The SMILES string of the molecule is CN1CCC(O)(CN(C)Cc2ccccc2C=O)C(C)(C)C1. The summed E-state index contributed by atoms with van der Waals surface area (Å²) in [5.41, 5.74) is 0.876. The number of rotatable bonds is 5. The fourth-order valence-electron chi connectivity index (χ4n) is 3.49. The number of nitrogens with zero attached hydrogens (tertiary/aromatic N) is 2. The first kappa shape index (κ1) is 17.1. The number of likely N-dealkylation sites (tertiary alicyclic amines) is 1. The van der Waals surface area contributed by atoms with Gasteiger partial charge in [0.2, 0.25) is 0 Å². The highest BCUT2D eigenvalue weighted by molar-refractivity contribution is 5.77. The Hall–Kier alpha value is -1.23. The summed E-state index contributed by atoms with van der Waals surface area (Å²) in [4.78, 5) is 15.5. The standard InChI is InChI=1S/C18H28N2O2/c1-17(2)13-19(3)10-9-18(17,22)14-20(4)11-15-7-5-6-8-16(15)12-21/h5-8,12,22H,9-11,13-14H2,1-4H3. The molecule has 122 valence electrons. The summed E-state index contributed by atoms with van der Waals surface area (Å²) in [6.45, 7) is 7.36. The van der Waals surface area contributed by atoms with Gasteiger partial charge in [-0.05, 0) is 26.1 Å². The number of hydrogen-bond acceptors (Lipinski definition) is 4. The first-order valence-electron chi connectivity index (χ1n) is 7.90. The lowest BCUT2D eigenvalue weighted by molar-refractivity contribution is -0.127. The van der Waals surface area contributed by atoms with E-state index in [-0.39, 0.29) is 5.41 Å². The number of piperidine rings is 1. The molecule has 1 unspecified atom stereocenters. The first-order chi connectivity index (χ1) is 10.3. The zero-order valence-corrected chi connectivity index (χ0v) is 14.2. The average molecular weight is 304 g/mol. The van der Waals surface area contributed by atoms with Gasteiger partial charge in [-0.1, -0.05) is 38.1 Å². The lowest BCUT2D eigenvalue weighted by Crippen LogP contribution is -2.60. The number of carbonyl (C=O) groups is 1. The maximum absolute atomic E-state index is 11.2. The molecule has 1 saturated heterocycles. The molecule has 0 aliphatic carbocycles. The van der Waals surface area contributed by atoms with Gasteiger partial charge in [-0.15, -0.1) is 0 Å². The monoisotopic (exact) mass is 304 g/mol. The van der Waals surface area contributed by atoms with Gasteiger partial charge in [0, 0.05) is 37.2 Å². The second kappa shape index (κ2) is 6.49. The molecule has 1 fully saturated rings. The van der Waals surface area contributed by atoms with E-state index >= 15 is 0 Å². The van der Waals surface area contributed by atoms with E-state index in [1.54, 1.807) is 0 Å². The molecule has 2 rings (SSSR count). The van der Waals surface area contributed by atoms with E-state index in [4.69, 9.17) is 0 Å². The van der Waals surface area contributed by atoms with Crippen molar-refractivity contribution in [1.82, 2.24) is 9.80 Å². The van der Waals surface area contributed by atoms with Crippen LogP contribution in [0, 0.1) is 5.41 Å². The fraction of sp³-hybridized carbons (Fsp3) is 0.611. The number of hydrogen-bond donors (Lipinski definition) is 1. The fourth-order valence-corrected chi connectivity index (χ4v) is 3.49. The summed E-state index contributed by atoms with van der Waals surface area (Å²) >= 11 is 0. The Kier molecular flexibility index (Phi) is 5.05. The van der Waals surface area contributed by atoms with Crippen LogP contribution >= 0.6 is 0 Å². The topological polar surface area (TPSA) is 43.8 Å². The Morgan fingerprint density at radius 2 is 2.05 bits per heavy atom. The molecule has 0 amide bonds. The van der Waals surface area contributed by atoms with E-state index in [1.165, 1.54) is 0 Å². The normalized spacial score (nSPS) is 25.4. The molecule has 1 atom stereocenters. The second-order valence-corrected chi connectivity index (χ2v) is 7.39. The summed E-state index contributed by atoms with van der Waals surface area (Å²) in [6.07, 6.45) is 1.67. The van der Waals surface area contributed by atoms with E-state index in [0.29, 0.717) is 13.1 Å². The highest BCUT2D eigenvalue weighted by atomic mass is 16.3. The van der Waals surface area contributed by atoms with Crippen molar-refractivity contribution in [2.75, 3.05) is 33.7 Å². The maximum atomic E-state index is 11.2. The number of aliphatic hydroxyl groups is 1. The summed E-state index contributed by atoms with van der Waals surface area (Å²) in [5.74, 6) is 0. The predicted octanol–water partition coefficient (Wildman–Crippen LogP) is 2.02. The molecule has 1 N–H and O–H groups in total. The molecule has 0 aromatic heterocycles. The van der Waals surface area contributed by atoms with Crippen molar-refractivity contribution in [3.05, 3.63) is 35.4 Å². The van der Waals surface area contributed by atoms with E-state index in [2.05, 4.69) is 30.7 Å². The largest absolute Gasteiger partial charge is 0.388 e. The van der Waals surface area contributed by atoms with Gasteiger partial charge in [0.25, 0.3) is 0 Å². The molecule has 0 bridgehead atoms. The predicted molar refractivity (Wildman–Crippen MR) is 89.0 cm³/mol. The van der Waals surface area contributed by atoms with E-state index in [1.807, 2.05) is 31.3 Å². The number of benzene rings is 1. The van der Waals surface area contributed by atoms with Gasteiger partial charge in [-0.3, -0.25) is 9.69 Å². The molecule has 1 aliphatic heterocycles. The van der Waals surface area contributed by atoms with Gasteiger partial charge < -0.3 is 10.0 Å². The number of carbonyl (C=O) groups excluding carboxylic acids is 1. The van der Waals surface area contributed by atoms with Crippen LogP contribution in [0.15, 0.2) is 24.3 Å². The van der Waals surface area contributed by atoms with Crippen LogP contribution in [0.5, 0.6) is 0 Å². The minimum absolute atomic E-state index is 0.154. The maximum Gasteiger partial charge on any atom is 0.150 e. The summed E-state index contributed by atoms with van der Waals surface area (Å²) in [5, 5.41) is 11.2. The second-order valence-electron chi connectivity index (χ2n) is 7.39. The van der Waals surface area contributed by atoms with E-state index < -0.39 is 5.60 Å². The summed E-state index contributed by atoms with van der Waals surface area (Å²) in [7, 11) is 4.11. The third-order valence-corrected chi connectivity index (χ3v) is 4.99. The Morgan fingerprint density at radius 3 is 2.68 bits per heavy atom. The van der Waals surface area contributed by atoms with Gasteiger partial charge in [0.05, 0.1) is 5.60 Å². The van der Waals surface area contributed by atoms with Gasteiger partial charge in [-0.2, -0.15) is 0 Å². The molecule has 1 aromatic carbocycles. The zero-order valence-electron chi connectivity index (χ0n) is 14.2. The first-order valence-corrected chi connectivity index (χ1v) is 7.90. The van der Waals surface area contributed by atoms with Crippen LogP contribution in [-0.4, -0.2) is 60.5 Å². The lowest BCUT2D eigenvalue weighted by atomic mass is 9.69. The highest BCUT2D eigenvalue weighted by Gasteiger charge is 2.47. The van der Waals surface area contributed by atoms with Crippen molar-refractivity contribution in [2.24, 2.45) is 5.41 Å². The quantitative estimate of drug-likeness (QED) is 0.845. The van der Waals surface area contributed by atoms with Gasteiger partial charge >= 0.3 is 0 Å². The van der Waals surface area contributed by atoms with Crippen molar-refractivity contribution in [2.45, 2.75) is 32.4 Å². The van der Waals surface area contributed by atoms with E-state index in [0.717, 1.165) is 36.9 Å². The Morgan fingerprint density at radius 1 is 1.36 bits per heavy atom. The van der Waals surface area contributed by atoms with Crippen LogP contribution in [0.1, 0.15) is 36.2 Å². The van der Waals surface area contributed by atoms with Crippen molar-refractivity contribution in [1.29, 1.82) is 0 Å². The van der Waals surface area contributed by atoms with Crippen LogP contribution in [0.4, 0.5) is 0 Å². The van der Waals surface area contributed by atoms with Crippen molar-refractivity contribution >= 4 is 6.29 Å². The van der Waals surface area contributed by atoms with Crippen molar-refractivity contribution in [3.63, 3.8) is 0 Å². The third kappa shape index (κ3) is 3.57. The minimum atomic E-state index is -0.704. The van der Waals surface area contributed by atoms with Crippen molar-refractivity contribution in [3.8, 4) is 0 Å². The van der Waals surface area contributed by atoms with Crippen LogP contribution in [0.25, 0.3) is 0 Å². The number of likely N-dealkylation sites (N-methyl/N-ethyl adjacent to an activating group) is 1. The lowest BCUT2D eigenvalue weighted by Gasteiger charge is -2.50. The van der Waals surface area contributed by atoms with Crippen LogP contribution in [0.2, 0.25) is 0 Å². The zero-order chi connectivity index (χ0) is 16.4. The average Bonchev–Trinajstić information content (AvgIpc) is 2.43. The number of aldehydes is 1. The molecule has 1 aliphatic rings. The van der Waals surface area contributed by atoms with Crippen LogP contribution in [0.3, 0.4) is 0 Å². The third-order valence-electron chi connectivity index (χ3n) is 4.99. The van der Waals surface area contributed by atoms with Crippen molar-refractivity contribution < 1.29 is 9.90 Å². The molecule has 4 heteroatoms. The highest BCUT2D eigenvalue weighted by Crippen LogP contribution is 2.38. The molecule has 0 radical (unpaired) electrons. The Bertz CT molecular complexity index is 530.